The van der Waals surface area contributed by atoms with Gasteiger partial charge in [-0.2, -0.15) is 4.98 Å². The SMILES string of the molecule is CCOCCOc1cc(N)nc(C)n1. The zero-order chi connectivity index (χ0) is 10.4. The van der Waals surface area contributed by atoms with Crippen molar-refractivity contribution in [1.82, 2.24) is 9.97 Å². The maximum absolute atomic E-state index is 5.53. The molecule has 0 radical (unpaired) electrons. The minimum absolute atomic E-state index is 0.420. The molecule has 5 nitrogen and oxygen atoms in total. The molecular formula is C9H15N3O2. The van der Waals surface area contributed by atoms with Gasteiger partial charge in [-0.25, -0.2) is 4.98 Å². The summed E-state index contributed by atoms with van der Waals surface area (Å²) in [4.78, 5) is 8.00. The number of ether oxygens (including phenoxy) is 2. The highest BCUT2D eigenvalue weighted by atomic mass is 16.5. The third-order valence-corrected chi connectivity index (χ3v) is 1.52. The second-order valence-electron chi connectivity index (χ2n) is 2.72. The van der Waals surface area contributed by atoms with Crippen molar-refractivity contribution in [3.63, 3.8) is 0 Å². The number of anilines is 1. The predicted molar refractivity (Wildman–Crippen MR) is 53.2 cm³/mol. The molecule has 0 aliphatic heterocycles. The second-order valence-corrected chi connectivity index (χ2v) is 2.72. The van der Waals surface area contributed by atoms with Crippen LogP contribution in [0.25, 0.3) is 0 Å². The van der Waals surface area contributed by atoms with E-state index in [-0.39, 0.29) is 0 Å². The van der Waals surface area contributed by atoms with Crippen LogP contribution in [-0.4, -0.2) is 29.8 Å². The lowest BCUT2D eigenvalue weighted by atomic mass is 10.5. The van der Waals surface area contributed by atoms with Crippen molar-refractivity contribution in [2.75, 3.05) is 25.6 Å². The number of hydrogen-bond acceptors (Lipinski definition) is 5. The highest BCUT2D eigenvalue weighted by molar-refractivity contribution is 5.32. The topological polar surface area (TPSA) is 70.3 Å². The van der Waals surface area contributed by atoms with Crippen molar-refractivity contribution in [3.8, 4) is 5.88 Å². The van der Waals surface area contributed by atoms with Gasteiger partial charge in [-0.15, -0.1) is 0 Å². The molecule has 1 aromatic rings. The Labute approximate surface area is 83.3 Å². The molecule has 0 aliphatic carbocycles. The van der Waals surface area contributed by atoms with E-state index < -0.39 is 0 Å². The van der Waals surface area contributed by atoms with Crippen LogP contribution in [0.1, 0.15) is 12.7 Å². The Morgan fingerprint density at radius 2 is 2.14 bits per heavy atom. The van der Waals surface area contributed by atoms with Crippen molar-refractivity contribution in [2.45, 2.75) is 13.8 Å². The molecule has 1 aromatic heterocycles. The smallest absolute Gasteiger partial charge is 0.218 e. The van der Waals surface area contributed by atoms with E-state index in [0.29, 0.717) is 37.3 Å². The molecule has 0 spiro atoms. The average Bonchev–Trinajstić information content (AvgIpc) is 2.11. The molecular weight excluding hydrogens is 182 g/mol. The predicted octanol–water partition coefficient (Wildman–Crippen LogP) is 0.783. The molecule has 2 N–H and O–H groups in total. The van der Waals surface area contributed by atoms with Crippen molar-refractivity contribution >= 4 is 5.82 Å². The van der Waals surface area contributed by atoms with E-state index in [1.165, 1.54) is 0 Å². The molecule has 5 heteroatoms. The molecule has 14 heavy (non-hydrogen) atoms. The molecule has 0 amide bonds. The molecule has 0 saturated carbocycles. The van der Waals surface area contributed by atoms with Gasteiger partial charge < -0.3 is 15.2 Å². The Balaban J connectivity index is 2.42. The van der Waals surface area contributed by atoms with E-state index in [1.807, 2.05) is 6.92 Å². The van der Waals surface area contributed by atoms with Crippen LogP contribution >= 0.6 is 0 Å². The normalized spacial score (nSPS) is 10.1. The fourth-order valence-electron chi connectivity index (χ4n) is 0.986. The summed E-state index contributed by atoms with van der Waals surface area (Å²) in [5.74, 6) is 1.52. The van der Waals surface area contributed by atoms with Gasteiger partial charge in [-0.3, -0.25) is 0 Å². The van der Waals surface area contributed by atoms with Crippen molar-refractivity contribution < 1.29 is 9.47 Å². The first-order valence-corrected chi connectivity index (χ1v) is 4.54. The molecule has 0 aliphatic rings. The summed E-state index contributed by atoms with van der Waals surface area (Å²) >= 11 is 0. The number of aromatic nitrogens is 2. The van der Waals surface area contributed by atoms with Crippen LogP contribution < -0.4 is 10.5 Å². The van der Waals surface area contributed by atoms with Crippen molar-refractivity contribution in [1.29, 1.82) is 0 Å². The standard InChI is InChI=1S/C9H15N3O2/c1-3-13-4-5-14-9-6-8(10)11-7(2)12-9/h6H,3-5H2,1-2H3,(H2,10,11,12). The summed E-state index contributed by atoms with van der Waals surface area (Å²) in [6, 6.07) is 1.60. The summed E-state index contributed by atoms with van der Waals surface area (Å²) in [5, 5.41) is 0. The first-order valence-electron chi connectivity index (χ1n) is 4.54. The summed E-state index contributed by atoms with van der Waals surface area (Å²) in [6.07, 6.45) is 0. The van der Waals surface area contributed by atoms with Gasteiger partial charge in [0, 0.05) is 12.7 Å². The number of rotatable bonds is 5. The zero-order valence-corrected chi connectivity index (χ0v) is 8.49. The molecule has 0 unspecified atom stereocenters. The van der Waals surface area contributed by atoms with E-state index >= 15 is 0 Å². The Morgan fingerprint density at radius 3 is 2.79 bits per heavy atom. The van der Waals surface area contributed by atoms with Crippen LogP contribution in [-0.2, 0) is 4.74 Å². The van der Waals surface area contributed by atoms with E-state index in [9.17, 15) is 0 Å². The van der Waals surface area contributed by atoms with Crippen LogP contribution in [0.3, 0.4) is 0 Å². The fraction of sp³-hybridized carbons (Fsp3) is 0.556. The van der Waals surface area contributed by atoms with Crippen LogP contribution in [0, 0.1) is 6.92 Å². The fourth-order valence-corrected chi connectivity index (χ4v) is 0.986. The maximum atomic E-state index is 5.53. The minimum atomic E-state index is 0.420. The van der Waals surface area contributed by atoms with Crippen LogP contribution in [0.5, 0.6) is 5.88 Å². The molecule has 0 aromatic carbocycles. The first kappa shape index (κ1) is 10.7. The van der Waals surface area contributed by atoms with Gasteiger partial charge >= 0.3 is 0 Å². The maximum Gasteiger partial charge on any atom is 0.218 e. The van der Waals surface area contributed by atoms with E-state index in [0.717, 1.165) is 0 Å². The van der Waals surface area contributed by atoms with Gasteiger partial charge in [0.1, 0.15) is 18.2 Å². The molecule has 0 saturated heterocycles. The molecule has 0 fully saturated rings. The van der Waals surface area contributed by atoms with E-state index in [1.54, 1.807) is 13.0 Å². The minimum Gasteiger partial charge on any atom is -0.475 e. The van der Waals surface area contributed by atoms with Gasteiger partial charge in [0.15, 0.2) is 0 Å². The molecule has 1 heterocycles. The summed E-state index contributed by atoms with van der Waals surface area (Å²) in [7, 11) is 0. The Morgan fingerprint density at radius 1 is 1.36 bits per heavy atom. The van der Waals surface area contributed by atoms with Gasteiger partial charge in [-0.05, 0) is 13.8 Å². The molecule has 78 valence electrons. The average molecular weight is 197 g/mol. The third kappa shape index (κ3) is 3.57. The monoisotopic (exact) mass is 197 g/mol. The largest absolute Gasteiger partial charge is 0.475 e. The van der Waals surface area contributed by atoms with Gasteiger partial charge in [0.25, 0.3) is 0 Å². The second kappa shape index (κ2) is 5.39. The van der Waals surface area contributed by atoms with Crippen LogP contribution in [0.2, 0.25) is 0 Å². The van der Waals surface area contributed by atoms with Crippen LogP contribution in [0.15, 0.2) is 6.07 Å². The van der Waals surface area contributed by atoms with E-state index in [2.05, 4.69) is 9.97 Å². The number of aryl methyl sites for hydroxylation is 1. The highest BCUT2D eigenvalue weighted by Crippen LogP contribution is 2.09. The lowest BCUT2D eigenvalue weighted by Gasteiger charge is -2.06. The lowest BCUT2D eigenvalue weighted by Crippen LogP contribution is -2.08. The highest BCUT2D eigenvalue weighted by Gasteiger charge is 1.99. The van der Waals surface area contributed by atoms with Gasteiger partial charge in [0.05, 0.1) is 6.61 Å². The third-order valence-electron chi connectivity index (χ3n) is 1.52. The number of nitrogens with two attached hydrogens (primary N) is 1. The summed E-state index contributed by atoms with van der Waals surface area (Å²) in [5.41, 5.74) is 5.53. The molecule has 0 atom stereocenters. The number of nitrogens with zero attached hydrogens (tertiary/aromatic N) is 2. The Kier molecular flexibility index (Phi) is 4.12. The van der Waals surface area contributed by atoms with Gasteiger partial charge in [0.2, 0.25) is 5.88 Å². The zero-order valence-electron chi connectivity index (χ0n) is 8.49. The van der Waals surface area contributed by atoms with Gasteiger partial charge in [-0.1, -0.05) is 0 Å². The van der Waals surface area contributed by atoms with Crippen molar-refractivity contribution in [3.05, 3.63) is 11.9 Å². The van der Waals surface area contributed by atoms with Crippen molar-refractivity contribution in [2.24, 2.45) is 0 Å². The Bertz CT molecular complexity index is 271. The number of hydrogen-bond donors (Lipinski definition) is 1. The summed E-state index contributed by atoms with van der Waals surface area (Å²) < 4.78 is 10.4. The first-order chi connectivity index (χ1) is 6.72. The summed E-state index contributed by atoms with van der Waals surface area (Å²) in [6.45, 7) is 5.43. The number of nitrogen functional groups attached to an aromatic ring is 1. The quantitative estimate of drug-likeness (QED) is 0.706. The molecule has 1 rings (SSSR count). The molecule has 0 bridgehead atoms. The lowest BCUT2D eigenvalue weighted by molar-refractivity contribution is 0.108. The Hall–Kier alpha value is -1.36. The van der Waals surface area contributed by atoms with E-state index in [4.69, 9.17) is 15.2 Å². The van der Waals surface area contributed by atoms with Crippen LogP contribution in [0.4, 0.5) is 5.82 Å².